The number of nitrogens with one attached hydrogen (secondary N) is 1. The summed E-state index contributed by atoms with van der Waals surface area (Å²) in [5.74, 6) is -1.28. The number of carboxylic acid groups (broad SMARTS) is 1. The predicted molar refractivity (Wildman–Crippen MR) is 100.0 cm³/mol. The maximum absolute atomic E-state index is 12.4. The first-order valence-electron chi connectivity index (χ1n) is 8.73. The molecule has 1 aromatic carbocycles. The van der Waals surface area contributed by atoms with Crippen molar-refractivity contribution in [3.63, 3.8) is 0 Å². The van der Waals surface area contributed by atoms with Crippen molar-refractivity contribution < 1.29 is 19.4 Å². The van der Waals surface area contributed by atoms with Crippen LogP contribution in [0.3, 0.4) is 0 Å². The number of carbonyl (C=O) groups is 2. The molecule has 0 saturated carbocycles. The lowest BCUT2D eigenvalue weighted by Crippen LogP contribution is -2.34. The number of carboxylic acids is 1. The molecule has 140 valence electrons. The van der Waals surface area contributed by atoms with E-state index in [0.29, 0.717) is 24.1 Å². The molecule has 1 unspecified atom stereocenters. The van der Waals surface area contributed by atoms with Gasteiger partial charge in [-0.15, -0.1) is 0 Å². The summed E-state index contributed by atoms with van der Waals surface area (Å²) in [6.45, 7) is 2.51. The fraction of sp³-hybridized carbons (Fsp3) is 0.250. The zero-order valence-electron chi connectivity index (χ0n) is 15.0. The summed E-state index contributed by atoms with van der Waals surface area (Å²) < 4.78 is 6.99. The Morgan fingerprint density at radius 3 is 2.70 bits per heavy atom. The van der Waals surface area contributed by atoms with Crippen LogP contribution < -0.4 is 10.1 Å². The van der Waals surface area contributed by atoms with Gasteiger partial charge in [0.1, 0.15) is 5.75 Å². The molecule has 7 nitrogen and oxygen atoms in total. The van der Waals surface area contributed by atoms with Crippen LogP contribution in [-0.2, 0) is 11.2 Å². The molecule has 2 N–H and O–H groups in total. The summed E-state index contributed by atoms with van der Waals surface area (Å²) in [5.41, 5.74) is 1.96. The molecule has 0 fully saturated rings. The summed E-state index contributed by atoms with van der Waals surface area (Å²) in [6, 6.07) is 12.7. The molecule has 0 spiro atoms. The molecule has 0 aliphatic heterocycles. The van der Waals surface area contributed by atoms with Crippen LogP contribution in [0.25, 0.3) is 5.52 Å². The van der Waals surface area contributed by atoms with Crippen LogP contribution in [0, 0.1) is 5.92 Å². The first-order valence-corrected chi connectivity index (χ1v) is 8.73. The molecule has 2 heterocycles. The van der Waals surface area contributed by atoms with E-state index in [1.165, 1.54) is 6.20 Å². The van der Waals surface area contributed by atoms with E-state index in [4.69, 9.17) is 4.74 Å². The number of benzene rings is 1. The Labute approximate surface area is 156 Å². The van der Waals surface area contributed by atoms with E-state index in [2.05, 4.69) is 10.4 Å². The maximum Gasteiger partial charge on any atom is 0.308 e. The minimum absolute atomic E-state index is 0.0333. The molecule has 0 radical (unpaired) electrons. The molecular formula is C20H21N3O4. The highest BCUT2D eigenvalue weighted by Gasteiger charge is 2.20. The van der Waals surface area contributed by atoms with Crippen molar-refractivity contribution in [1.82, 2.24) is 14.9 Å². The van der Waals surface area contributed by atoms with Crippen molar-refractivity contribution in [2.45, 2.75) is 13.3 Å². The van der Waals surface area contributed by atoms with Crippen LogP contribution in [-0.4, -0.2) is 39.7 Å². The number of rotatable bonds is 8. The minimum Gasteiger partial charge on any atom is -0.494 e. The number of aliphatic carboxylic acids is 1. The Morgan fingerprint density at radius 1 is 1.22 bits per heavy atom. The number of aromatic nitrogens is 2. The molecule has 0 bridgehead atoms. The number of carbonyl (C=O) groups excluding carboxylic acids is 1. The van der Waals surface area contributed by atoms with E-state index in [1.54, 1.807) is 16.8 Å². The van der Waals surface area contributed by atoms with Gasteiger partial charge < -0.3 is 15.2 Å². The summed E-state index contributed by atoms with van der Waals surface area (Å²) in [7, 11) is 0. The standard InChI is InChI=1S/C20H21N3O4/c1-2-27-16-8-6-14(7-9-16)11-15(20(25)26)12-21-19(24)17-13-22-23-10-4-3-5-18(17)23/h3-10,13,15H,2,11-12H2,1H3,(H,21,24)(H,25,26). The summed E-state index contributed by atoms with van der Waals surface area (Å²) in [5, 5.41) is 16.3. The molecule has 27 heavy (non-hydrogen) atoms. The van der Waals surface area contributed by atoms with Crippen LogP contribution in [0.5, 0.6) is 5.75 Å². The monoisotopic (exact) mass is 367 g/mol. The normalized spacial score (nSPS) is 11.9. The minimum atomic E-state index is -0.955. The van der Waals surface area contributed by atoms with Gasteiger partial charge in [-0.25, -0.2) is 4.52 Å². The Bertz CT molecular complexity index is 934. The Hall–Kier alpha value is -3.35. The van der Waals surface area contributed by atoms with Crippen molar-refractivity contribution in [3.05, 3.63) is 66.0 Å². The van der Waals surface area contributed by atoms with Crippen molar-refractivity contribution >= 4 is 17.4 Å². The highest BCUT2D eigenvalue weighted by atomic mass is 16.5. The average molecular weight is 367 g/mol. The molecule has 3 rings (SSSR count). The molecule has 7 heteroatoms. The lowest BCUT2D eigenvalue weighted by atomic mass is 9.99. The topological polar surface area (TPSA) is 92.9 Å². The molecule has 3 aromatic rings. The van der Waals surface area contributed by atoms with E-state index in [9.17, 15) is 14.7 Å². The van der Waals surface area contributed by atoms with Crippen LogP contribution in [0.1, 0.15) is 22.8 Å². The zero-order chi connectivity index (χ0) is 19.2. The Kier molecular flexibility index (Phi) is 5.71. The number of amides is 1. The molecule has 0 aliphatic rings. The van der Waals surface area contributed by atoms with Crippen LogP contribution in [0.2, 0.25) is 0 Å². The van der Waals surface area contributed by atoms with E-state index < -0.39 is 11.9 Å². The van der Waals surface area contributed by atoms with Gasteiger partial charge in [0.15, 0.2) is 0 Å². The molecule has 1 atom stereocenters. The van der Waals surface area contributed by atoms with Crippen molar-refractivity contribution in [1.29, 1.82) is 0 Å². The van der Waals surface area contributed by atoms with Crippen molar-refractivity contribution in [2.75, 3.05) is 13.2 Å². The van der Waals surface area contributed by atoms with Crippen molar-refractivity contribution in [2.24, 2.45) is 5.92 Å². The maximum atomic E-state index is 12.4. The predicted octanol–water partition coefficient (Wildman–Crippen LogP) is 2.41. The first-order chi connectivity index (χ1) is 13.1. The second-order valence-corrected chi connectivity index (χ2v) is 6.11. The van der Waals surface area contributed by atoms with Gasteiger partial charge in [-0.2, -0.15) is 5.10 Å². The molecular weight excluding hydrogens is 346 g/mol. The van der Waals surface area contributed by atoms with Gasteiger partial charge >= 0.3 is 5.97 Å². The van der Waals surface area contributed by atoms with Gasteiger partial charge in [-0.3, -0.25) is 9.59 Å². The first kappa shape index (κ1) is 18.4. The Balaban J connectivity index is 1.64. The summed E-state index contributed by atoms with van der Waals surface area (Å²) in [4.78, 5) is 24.0. The van der Waals surface area contributed by atoms with Gasteiger partial charge in [-0.05, 0) is 43.2 Å². The van der Waals surface area contributed by atoms with Crippen LogP contribution >= 0.6 is 0 Å². The second-order valence-electron chi connectivity index (χ2n) is 6.11. The molecule has 0 saturated heterocycles. The van der Waals surface area contributed by atoms with Gasteiger partial charge in [0.2, 0.25) is 0 Å². The quantitative estimate of drug-likeness (QED) is 0.638. The third kappa shape index (κ3) is 4.44. The molecule has 1 amide bonds. The lowest BCUT2D eigenvalue weighted by Gasteiger charge is -2.14. The van der Waals surface area contributed by atoms with E-state index in [0.717, 1.165) is 11.3 Å². The smallest absolute Gasteiger partial charge is 0.308 e. The van der Waals surface area contributed by atoms with E-state index in [-0.39, 0.29) is 12.5 Å². The zero-order valence-corrected chi connectivity index (χ0v) is 15.0. The number of hydrogen-bond donors (Lipinski definition) is 2. The fourth-order valence-corrected chi connectivity index (χ4v) is 2.84. The fourth-order valence-electron chi connectivity index (χ4n) is 2.84. The number of fused-ring (bicyclic) bond motifs is 1. The third-order valence-corrected chi connectivity index (χ3v) is 4.25. The largest absolute Gasteiger partial charge is 0.494 e. The number of hydrogen-bond acceptors (Lipinski definition) is 4. The number of ether oxygens (including phenoxy) is 1. The van der Waals surface area contributed by atoms with Crippen LogP contribution in [0.4, 0.5) is 0 Å². The highest BCUT2D eigenvalue weighted by molar-refractivity contribution is 6.00. The third-order valence-electron chi connectivity index (χ3n) is 4.25. The number of pyridine rings is 1. The van der Waals surface area contributed by atoms with Gasteiger partial charge in [0.25, 0.3) is 5.91 Å². The van der Waals surface area contributed by atoms with E-state index in [1.807, 2.05) is 43.3 Å². The summed E-state index contributed by atoms with van der Waals surface area (Å²) in [6.07, 6.45) is 3.54. The second kappa shape index (κ2) is 8.35. The molecule has 2 aromatic heterocycles. The van der Waals surface area contributed by atoms with Gasteiger partial charge in [0, 0.05) is 12.7 Å². The average Bonchev–Trinajstić information content (AvgIpc) is 3.10. The van der Waals surface area contributed by atoms with Crippen molar-refractivity contribution in [3.8, 4) is 5.75 Å². The van der Waals surface area contributed by atoms with E-state index >= 15 is 0 Å². The highest BCUT2D eigenvalue weighted by Crippen LogP contribution is 2.16. The lowest BCUT2D eigenvalue weighted by molar-refractivity contribution is -0.141. The SMILES string of the molecule is CCOc1ccc(CC(CNC(=O)c2cnn3ccccc23)C(=O)O)cc1. The molecule has 0 aliphatic carbocycles. The summed E-state index contributed by atoms with van der Waals surface area (Å²) >= 11 is 0. The number of nitrogens with zero attached hydrogens (tertiary/aromatic N) is 2. The Morgan fingerprint density at radius 2 is 2.00 bits per heavy atom. The van der Waals surface area contributed by atoms with Crippen LogP contribution in [0.15, 0.2) is 54.9 Å². The van der Waals surface area contributed by atoms with Gasteiger partial charge in [0.05, 0.1) is 29.8 Å². The van der Waals surface area contributed by atoms with Gasteiger partial charge in [-0.1, -0.05) is 18.2 Å².